The summed E-state index contributed by atoms with van der Waals surface area (Å²) in [5, 5.41) is 2.63. The summed E-state index contributed by atoms with van der Waals surface area (Å²) in [5.74, 6) is 0. The van der Waals surface area contributed by atoms with Gasteiger partial charge in [0.2, 0.25) is 10.0 Å². The maximum absolute atomic E-state index is 12.2. The topological polar surface area (TPSA) is 84.0 Å². The van der Waals surface area contributed by atoms with E-state index in [9.17, 15) is 8.42 Å². The van der Waals surface area contributed by atoms with E-state index in [1.54, 1.807) is 6.92 Å². The van der Waals surface area contributed by atoms with Crippen LogP contribution in [0.2, 0.25) is 0 Å². The maximum atomic E-state index is 12.2. The molecule has 1 aromatic heterocycles. The standard InChI is InChI=1S/C12H20N4O2S/c1-10(12-9-13-6-7-15-12)19(17,18)16-8-11-4-2-3-5-14-11/h6-7,9-11,14,16H,2-5,8H2,1H3/t10-,11-/m0/s1. The second kappa shape index (κ2) is 6.40. The fourth-order valence-electron chi connectivity index (χ4n) is 2.12. The molecule has 0 unspecified atom stereocenters. The first-order chi connectivity index (χ1) is 9.09. The van der Waals surface area contributed by atoms with Gasteiger partial charge in [-0.3, -0.25) is 9.97 Å². The maximum Gasteiger partial charge on any atom is 0.220 e. The molecule has 19 heavy (non-hydrogen) atoms. The van der Waals surface area contributed by atoms with Crippen LogP contribution in [0.25, 0.3) is 0 Å². The monoisotopic (exact) mass is 284 g/mol. The Kier molecular flexibility index (Phi) is 4.84. The van der Waals surface area contributed by atoms with Crippen LogP contribution in [0.5, 0.6) is 0 Å². The molecule has 2 heterocycles. The van der Waals surface area contributed by atoms with Crippen LogP contribution in [0, 0.1) is 0 Å². The predicted molar refractivity (Wildman–Crippen MR) is 73.0 cm³/mol. The Morgan fingerprint density at radius 2 is 2.32 bits per heavy atom. The van der Waals surface area contributed by atoms with Crippen molar-refractivity contribution in [3.8, 4) is 0 Å². The van der Waals surface area contributed by atoms with E-state index in [2.05, 4.69) is 20.0 Å². The van der Waals surface area contributed by atoms with Crippen LogP contribution in [0.4, 0.5) is 0 Å². The van der Waals surface area contributed by atoms with Gasteiger partial charge in [-0.15, -0.1) is 0 Å². The highest BCUT2D eigenvalue weighted by Crippen LogP contribution is 2.17. The summed E-state index contributed by atoms with van der Waals surface area (Å²) in [7, 11) is -3.41. The van der Waals surface area contributed by atoms with Gasteiger partial charge in [-0.05, 0) is 26.3 Å². The molecule has 0 aromatic carbocycles. The average molecular weight is 284 g/mol. The molecule has 0 radical (unpaired) electrons. The molecule has 2 rings (SSSR count). The Morgan fingerprint density at radius 3 is 2.95 bits per heavy atom. The van der Waals surface area contributed by atoms with Crippen LogP contribution in [0.3, 0.4) is 0 Å². The van der Waals surface area contributed by atoms with Gasteiger partial charge in [0.15, 0.2) is 0 Å². The second-order valence-electron chi connectivity index (χ2n) is 4.81. The minimum absolute atomic E-state index is 0.234. The Labute approximate surface area is 114 Å². The summed E-state index contributed by atoms with van der Waals surface area (Å²) in [6.45, 7) is 3.03. The zero-order chi connectivity index (χ0) is 13.7. The number of piperidine rings is 1. The molecule has 0 aliphatic carbocycles. The van der Waals surface area contributed by atoms with Gasteiger partial charge in [0.25, 0.3) is 0 Å². The molecule has 2 atom stereocenters. The minimum atomic E-state index is -3.41. The lowest BCUT2D eigenvalue weighted by Crippen LogP contribution is -2.44. The average Bonchev–Trinajstić information content (AvgIpc) is 2.46. The molecular formula is C12H20N4O2S. The normalized spacial score (nSPS) is 22.1. The van der Waals surface area contributed by atoms with E-state index in [-0.39, 0.29) is 6.04 Å². The first-order valence-corrected chi connectivity index (χ1v) is 8.12. The fourth-order valence-corrected chi connectivity index (χ4v) is 3.24. The third kappa shape index (κ3) is 3.95. The molecule has 6 nitrogen and oxygen atoms in total. The number of hydrogen-bond donors (Lipinski definition) is 2. The van der Waals surface area contributed by atoms with E-state index in [1.165, 1.54) is 25.0 Å². The van der Waals surface area contributed by atoms with Crippen molar-refractivity contribution < 1.29 is 8.42 Å². The lowest BCUT2D eigenvalue weighted by Gasteiger charge is -2.24. The van der Waals surface area contributed by atoms with E-state index in [1.807, 2.05) is 0 Å². The molecule has 106 valence electrons. The number of sulfonamides is 1. The Hall–Kier alpha value is -1.05. The predicted octanol–water partition coefficient (Wildman–Crippen LogP) is 0.599. The molecule has 1 aromatic rings. The first kappa shape index (κ1) is 14.4. The van der Waals surface area contributed by atoms with E-state index in [4.69, 9.17) is 0 Å². The van der Waals surface area contributed by atoms with Gasteiger partial charge in [-0.2, -0.15) is 0 Å². The van der Waals surface area contributed by atoms with Crippen molar-refractivity contribution in [2.75, 3.05) is 13.1 Å². The number of hydrogen-bond acceptors (Lipinski definition) is 5. The Bertz CT molecular complexity index is 486. The van der Waals surface area contributed by atoms with Gasteiger partial charge < -0.3 is 5.32 Å². The van der Waals surface area contributed by atoms with E-state index in [0.29, 0.717) is 12.2 Å². The van der Waals surface area contributed by atoms with Crippen molar-refractivity contribution >= 4 is 10.0 Å². The molecule has 1 fully saturated rings. The van der Waals surface area contributed by atoms with Gasteiger partial charge in [-0.1, -0.05) is 6.42 Å². The largest absolute Gasteiger partial charge is 0.313 e. The SMILES string of the molecule is C[C@@H](c1cnccn1)S(=O)(=O)NC[C@@H]1CCCCN1. The first-order valence-electron chi connectivity index (χ1n) is 6.57. The molecule has 0 spiro atoms. The van der Waals surface area contributed by atoms with Crippen molar-refractivity contribution in [1.29, 1.82) is 0 Å². The minimum Gasteiger partial charge on any atom is -0.313 e. The second-order valence-corrected chi connectivity index (χ2v) is 6.90. The summed E-state index contributed by atoms with van der Waals surface area (Å²) in [6.07, 6.45) is 7.86. The van der Waals surface area contributed by atoms with Crippen LogP contribution >= 0.6 is 0 Å². The van der Waals surface area contributed by atoms with Crippen LogP contribution in [0.1, 0.15) is 37.1 Å². The van der Waals surface area contributed by atoms with E-state index < -0.39 is 15.3 Å². The van der Waals surface area contributed by atoms with Gasteiger partial charge >= 0.3 is 0 Å². The van der Waals surface area contributed by atoms with Crippen molar-refractivity contribution in [2.24, 2.45) is 0 Å². The molecular weight excluding hydrogens is 264 g/mol. The highest BCUT2D eigenvalue weighted by molar-refractivity contribution is 7.89. The molecule has 0 saturated carbocycles. The number of nitrogens with one attached hydrogen (secondary N) is 2. The lowest BCUT2D eigenvalue weighted by atomic mass is 10.1. The van der Waals surface area contributed by atoms with Gasteiger partial charge in [0.1, 0.15) is 5.25 Å². The quantitative estimate of drug-likeness (QED) is 0.827. The molecule has 1 aliphatic heterocycles. The Morgan fingerprint density at radius 1 is 1.47 bits per heavy atom. The zero-order valence-corrected chi connectivity index (χ0v) is 11.9. The van der Waals surface area contributed by atoms with Crippen LogP contribution in [0.15, 0.2) is 18.6 Å². The third-order valence-electron chi connectivity index (χ3n) is 3.41. The summed E-state index contributed by atoms with van der Waals surface area (Å²) >= 11 is 0. The molecule has 0 bridgehead atoms. The van der Waals surface area contributed by atoms with Crippen molar-refractivity contribution in [2.45, 2.75) is 37.5 Å². The Balaban J connectivity index is 1.94. The summed E-state index contributed by atoms with van der Waals surface area (Å²) in [4.78, 5) is 7.94. The van der Waals surface area contributed by atoms with Crippen molar-refractivity contribution in [1.82, 2.24) is 20.0 Å². The molecule has 2 N–H and O–H groups in total. The van der Waals surface area contributed by atoms with Crippen molar-refractivity contribution in [3.05, 3.63) is 24.3 Å². The molecule has 0 amide bonds. The summed E-state index contributed by atoms with van der Waals surface area (Å²) < 4.78 is 27.0. The number of nitrogens with zero attached hydrogens (tertiary/aromatic N) is 2. The van der Waals surface area contributed by atoms with Gasteiger partial charge in [0, 0.05) is 31.2 Å². The molecule has 7 heteroatoms. The van der Waals surface area contributed by atoms with Crippen LogP contribution < -0.4 is 10.0 Å². The van der Waals surface area contributed by atoms with Gasteiger partial charge in [-0.25, -0.2) is 13.1 Å². The zero-order valence-electron chi connectivity index (χ0n) is 11.0. The highest BCUT2D eigenvalue weighted by atomic mass is 32.2. The van der Waals surface area contributed by atoms with E-state index >= 15 is 0 Å². The fraction of sp³-hybridized carbons (Fsp3) is 0.667. The van der Waals surface area contributed by atoms with Crippen LogP contribution in [-0.2, 0) is 10.0 Å². The highest BCUT2D eigenvalue weighted by Gasteiger charge is 2.25. The number of rotatable bonds is 5. The van der Waals surface area contributed by atoms with Crippen LogP contribution in [-0.4, -0.2) is 37.5 Å². The summed E-state index contributed by atoms with van der Waals surface area (Å²) in [6, 6.07) is 0.234. The smallest absolute Gasteiger partial charge is 0.220 e. The summed E-state index contributed by atoms with van der Waals surface area (Å²) in [5.41, 5.74) is 0.464. The van der Waals surface area contributed by atoms with Gasteiger partial charge in [0.05, 0.1) is 5.69 Å². The van der Waals surface area contributed by atoms with Crippen molar-refractivity contribution in [3.63, 3.8) is 0 Å². The number of aromatic nitrogens is 2. The molecule has 1 saturated heterocycles. The third-order valence-corrected chi connectivity index (χ3v) is 5.15. The molecule has 1 aliphatic rings. The lowest BCUT2D eigenvalue weighted by molar-refractivity contribution is 0.397. The van der Waals surface area contributed by atoms with E-state index in [0.717, 1.165) is 19.4 Å².